The Morgan fingerprint density at radius 2 is 1.48 bits per heavy atom. The summed E-state index contributed by atoms with van der Waals surface area (Å²) in [6.45, 7) is 3.44. The number of rotatable bonds is 5. The lowest BCUT2D eigenvalue weighted by Gasteiger charge is -2.15. The van der Waals surface area contributed by atoms with Crippen molar-refractivity contribution in [2.45, 2.75) is 13.8 Å². The Balaban J connectivity index is 1.53. The largest absolute Gasteiger partial charge is 0.454 e. The van der Waals surface area contributed by atoms with Gasteiger partial charge in [0.1, 0.15) is 0 Å². The lowest BCUT2D eigenvalue weighted by molar-refractivity contribution is 0.0474. The lowest BCUT2D eigenvalue weighted by atomic mass is 10.1. The fourth-order valence-corrected chi connectivity index (χ4v) is 3.39. The molecule has 0 fully saturated rings. The van der Waals surface area contributed by atoms with Gasteiger partial charge in [-0.2, -0.15) is 0 Å². The van der Waals surface area contributed by atoms with Crippen LogP contribution in [0, 0.1) is 13.8 Å². The highest BCUT2D eigenvalue weighted by Crippen LogP contribution is 2.30. The van der Waals surface area contributed by atoms with Gasteiger partial charge in [-0.1, -0.05) is 36.4 Å². The molecule has 1 aliphatic rings. The molecule has 4 rings (SSSR count). The van der Waals surface area contributed by atoms with E-state index in [2.05, 4.69) is 0 Å². The van der Waals surface area contributed by atoms with Crippen LogP contribution in [0.2, 0.25) is 0 Å². The topological polar surface area (TPSA) is 80.8 Å². The van der Waals surface area contributed by atoms with Crippen molar-refractivity contribution >= 4 is 29.3 Å². The summed E-state index contributed by atoms with van der Waals surface area (Å²) in [5.74, 6) is -2.01. The third-order valence-corrected chi connectivity index (χ3v) is 5.30. The van der Waals surface area contributed by atoms with Crippen molar-refractivity contribution in [2.24, 2.45) is 0 Å². The number of anilines is 1. The molecule has 3 aromatic rings. The number of ether oxygens (including phenoxy) is 1. The first-order valence-electron chi connectivity index (χ1n) is 9.72. The van der Waals surface area contributed by atoms with Gasteiger partial charge in [0.15, 0.2) is 12.4 Å². The molecule has 6 heteroatoms. The smallest absolute Gasteiger partial charge is 0.338 e. The Morgan fingerprint density at radius 1 is 0.774 bits per heavy atom. The molecule has 0 spiro atoms. The fourth-order valence-electron chi connectivity index (χ4n) is 3.39. The van der Waals surface area contributed by atoms with Crippen LogP contribution in [-0.4, -0.2) is 30.2 Å². The monoisotopic (exact) mass is 413 g/mol. The second-order valence-corrected chi connectivity index (χ2v) is 7.34. The highest BCUT2D eigenvalue weighted by Gasteiger charge is 2.37. The minimum absolute atomic E-state index is 0.0997. The number of fused-ring (bicyclic) bond motifs is 1. The summed E-state index contributed by atoms with van der Waals surface area (Å²) < 4.78 is 5.11. The van der Waals surface area contributed by atoms with Crippen LogP contribution < -0.4 is 4.90 Å². The van der Waals surface area contributed by atoms with E-state index in [1.54, 1.807) is 42.5 Å². The van der Waals surface area contributed by atoms with E-state index in [0.29, 0.717) is 11.3 Å². The number of hydrogen-bond donors (Lipinski definition) is 0. The quantitative estimate of drug-likeness (QED) is 0.357. The van der Waals surface area contributed by atoms with Gasteiger partial charge in [-0.3, -0.25) is 14.4 Å². The maximum Gasteiger partial charge on any atom is 0.338 e. The molecule has 0 saturated carbocycles. The average Bonchev–Trinajstić information content (AvgIpc) is 3.04. The van der Waals surface area contributed by atoms with E-state index in [9.17, 15) is 19.2 Å². The molecule has 0 saturated heterocycles. The normalized spacial score (nSPS) is 12.6. The molecule has 0 bridgehead atoms. The summed E-state index contributed by atoms with van der Waals surface area (Å²) in [5.41, 5.74) is 3.38. The van der Waals surface area contributed by atoms with Gasteiger partial charge >= 0.3 is 5.97 Å². The number of aryl methyl sites for hydroxylation is 2. The molecule has 154 valence electrons. The Labute approximate surface area is 179 Å². The number of Topliss-reactive ketones (excluding diaryl/α,β-unsaturated/α-hetero) is 1. The first kappa shape index (κ1) is 20.2. The summed E-state index contributed by atoms with van der Waals surface area (Å²) in [4.78, 5) is 51.4. The van der Waals surface area contributed by atoms with Gasteiger partial charge in [-0.05, 0) is 55.3 Å². The number of hydrogen-bond acceptors (Lipinski definition) is 5. The number of carbonyl (C=O) groups is 4. The first-order valence-corrected chi connectivity index (χ1v) is 9.72. The third-order valence-electron chi connectivity index (χ3n) is 5.30. The summed E-state index contributed by atoms with van der Waals surface area (Å²) in [7, 11) is 0. The van der Waals surface area contributed by atoms with Crippen molar-refractivity contribution in [2.75, 3.05) is 11.5 Å². The fraction of sp³-hybridized carbons (Fsp3) is 0.120. The Morgan fingerprint density at radius 3 is 2.19 bits per heavy atom. The van der Waals surface area contributed by atoms with Crippen molar-refractivity contribution in [1.29, 1.82) is 0 Å². The molecular formula is C25H19NO5. The molecular weight excluding hydrogens is 394 g/mol. The average molecular weight is 413 g/mol. The van der Waals surface area contributed by atoms with Gasteiger partial charge < -0.3 is 4.74 Å². The number of amides is 2. The van der Waals surface area contributed by atoms with Crippen LogP contribution in [0.3, 0.4) is 0 Å². The van der Waals surface area contributed by atoms with E-state index in [-0.39, 0.29) is 22.5 Å². The van der Waals surface area contributed by atoms with Crippen LogP contribution in [0.1, 0.15) is 52.6 Å². The van der Waals surface area contributed by atoms with Gasteiger partial charge in [0.25, 0.3) is 11.8 Å². The van der Waals surface area contributed by atoms with Crippen LogP contribution in [0.15, 0.2) is 66.7 Å². The lowest BCUT2D eigenvalue weighted by Crippen LogP contribution is -2.29. The standard InChI is InChI=1S/C25H19NO5/c1-15-8-10-19(12-16(15)2)26-23(28)20-11-9-18(13-21(20)24(26)29)25(30)31-14-22(27)17-6-4-3-5-7-17/h3-13H,14H2,1-2H3. The van der Waals surface area contributed by atoms with Crippen molar-refractivity contribution in [3.63, 3.8) is 0 Å². The molecule has 31 heavy (non-hydrogen) atoms. The highest BCUT2D eigenvalue weighted by molar-refractivity contribution is 6.34. The predicted molar refractivity (Wildman–Crippen MR) is 115 cm³/mol. The maximum absolute atomic E-state index is 12.9. The Hall–Kier alpha value is -4.06. The van der Waals surface area contributed by atoms with E-state index in [1.807, 2.05) is 19.9 Å². The van der Waals surface area contributed by atoms with Crippen molar-refractivity contribution < 1.29 is 23.9 Å². The Bertz CT molecular complexity index is 1230. The zero-order chi connectivity index (χ0) is 22.1. The minimum Gasteiger partial charge on any atom is -0.454 e. The van der Waals surface area contributed by atoms with Crippen LogP contribution in [0.4, 0.5) is 5.69 Å². The number of carbonyl (C=O) groups excluding carboxylic acids is 4. The SMILES string of the molecule is Cc1ccc(N2C(=O)c3ccc(C(=O)OCC(=O)c4ccccc4)cc3C2=O)cc1C. The predicted octanol–water partition coefficient (Wildman–Crippen LogP) is 4.14. The number of imide groups is 1. The summed E-state index contributed by atoms with van der Waals surface area (Å²) in [6, 6.07) is 18.0. The van der Waals surface area contributed by atoms with E-state index in [0.717, 1.165) is 16.0 Å². The molecule has 1 heterocycles. The van der Waals surface area contributed by atoms with Crippen LogP contribution in [-0.2, 0) is 4.74 Å². The second kappa shape index (κ2) is 7.99. The molecule has 3 aromatic carbocycles. The summed E-state index contributed by atoms with van der Waals surface area (Å²) >= 11 is 0. The molecule has 2 amide bonds. The first-order chi connectivity index (χ1) is 14.9. The van der Waals surface area contributed by atoms with Crippen LogP contribution >= 0.6 is 0 Å². The second-order valence-electron chi connectivity index (χ2n) is 7.34. The molecule has 0 aliphatic carbocycles. The van der Waals surface area contributed by atoms with Crippen molar-refractivity contribution in [1.82, 2.24) is 0 Å². The molecule has 1 aliphatic heterocycles. The van der Waals surface area contributed by atoms with E-state index in [1.165, 1.54) is 18.2 Å². The zero-order valence-corrected chi connectivity index (χ0v) is 17.0. The van der Waals surface area contributed by atoms with Crippen molar-refractivity contribution in [3.8, 4) is 0 Å². The molecule has 0 atom stereocenters. The zero-order valence-electron chi connectivity index (χ0n) is 17.0. The van der Waals surface area contributed by atoms with Crippen LogP contribution in [0.25, 0.3) is 0 Å². The molecule has 0 N–H and O–H groups in total. The molecule has 0 aromatic heterocycles. The number of benzene rings is 3. The highest BCUT2D eigenvalue weighted by atomic mass is 16.5. The van der Waals surface area contributed by atoms with Gasteiger partial charge in [-0.25, -0.2) is 9.69 Å². The van der Waals surface area contributed by atoms with E-state index in [4.69, 9.17) is 4.74 Å². The molecule has 6 nitrogen and oxygen atoms in total. The van der Waals surface area contributed by atoms with Gasteiger partial charge in [0, 0.05) is 5.56 Å². The third kappa shape index (κ3) is 3.75. The van der Waals surface area contributed by atoms with Crippen LogP contribution in [0.5, 0.6) is 0 Å². The Kier molecular flexibility index (Phi) is 5.21. The summed E-state index contributed by atoms with van der Waals surface area (Å²) in [5, 5.41) is 0. The molecule has 0 unspecified atom stereocenters. The molecule has 0 radical (unpaired) electrons. The van der Waals surface area contributed by atoms with Gasteiger partial charge in [-0.15, -0.1) is 0 Å². The number of nitrogens with zero attached hydrogens (tertiary/aromatic N) is 1. The van der Waals surface area contributed by atoms with Crippen molar-refractivity contribution in [3.05, 3.63) is 100 Å². The number of esters is 1. The van der Waals surface area contributed by atoms with Gasteiger partial charge in [0.2, 0.25) is 0 Å². The van der Waals surface area contributed by atoms with E-state index < -0.39 is 24.4 Å². The maximum atomic E-state index is 12.9. The minimum atomic E-state index is -0.739. The van der Waals surface area contributed by atoms with E-state index >= 15 is 0 Å². The number of ketones is 1. The summed E-state index contributed by atoms with van der Waals surface area (Å²) in [6.07, 6.45) is 0. The van der Waals surface area contributed by atoms with Gasteiger partial charge in [0.05, 0.1) is 22.4 Å².